The second kappa shape index (κ2) is 5.68. The molecule has 104 valence electrons. The van der Waals surface area contributed by atoms with Crippen LogP contribution >= 0.6 is 22.9 Å². The molecule has 0 saturated carbocycles. The summed E-state index contributed by atoms with van der Waals surface area (Å²) >= 11 is 6.80. The van der Waals surface area contributed by atoms with Crippen LogP contribution in [0, 0.1) is 0 Å². The van der Waals surface area contributed by atoms with Crippen LogP contribution in [0.1, 0.15) is 9.80 Å². The van der Waals surface area contributed by atoms with Crippen LogP contribution in [0.2, 0.25) is 4.47 Å². The van der Waals surface area contributed by atoms with Crippen LogP contribution in [0.3, 0.4) is 0 Å². The molecule has 0 bridgehead atoms. The van der Waals surface area contributed by atoms with Gasteiger partial charge in [0.05, 0.1) is 6.20 Å². The molecule has 1 amide bonds. The minimum Gasteiger partial charge on any atom is -0.352 e. The number of piperazine rings is 1. The van der Waals surface area contributed by atoms with Crippen LogP contribution in [0.4, 0.5) is 5.82 Å². The molecule has 20 heavy (non-hydrogen) atoms. The molecular weight excluding hydrogens is 300 g/mol. The topological polar surface area (TPSA) is 75.1 Å². The average molecular weight is 311 g/mol. The standard InChI is InChI=1S/C11H11ClN6OS/c12-11-16-15-9(20-11)10(19)18-5-3-17(4-6-18)8-7-13-1-2-14-8/h1-2,7H,3-6H2. The predicted molar refractivity (Wildman–Crippen MR) is 75.1 cm³/mol. The minimum atomic E-state index is -0.117. The molecule has 9 heteroatoms. The smallest absolute Gasteiger partial charge is 0.285 e. The molecule has 3 heterocycles. The van der Waals surface area contributed by atoms with Gasteiger partial charge in [0.25, 0.3) is 5.91 Å². The molecule has 0 radical (unpaired) electrons. The fraction of sp³-hybridized carbons (Fsp3) is 0.364. The maximum Gasteiger partial charge on any atom is 0.285 e. The van der Waals surface area contributed by atoms with Crippen LogP contribution in [0.5, 0.6) is 0 Å². The molecule has 3 rings (SSSR count). The van der Waals surface area contributed by atoms with Gasteiger partial charge in [0.15, 0.2) is 0 Å². The van der Waals surface area contributed by atoms with E-state index >= 15 is 0 Å². The van der Waals surface area contributed by atoms with E-state index in [-0.39, 0.29) is 10.4 Å². The van der Waals surface area contributed by atoms with Crippen LogP contribution in [-0.2, 0) is 0 Å². The van der Waals surface area contributed by atoms with E-state index in [4.69, 9.17) is 11.6 Å². The lowest BCUT2D eigenvalue weighted by molar-refractivity contribution is 0.0745. The van der Waals surface area contributed by atoms with Crippen LogP contribution in [0.15, 0.2) is 18.6 Å². The number of amides is 1. The Morgan fingerprint density at radius 2 is 2.00 bits per heavy atom. The van der Waals surface area contributed by atoms with Gasteiger partial charge in [0, 0.05) is 38.6 Å². The number of carbonyl (C=O) groups excluding carboxylic acids is 1. The van der Waals surface area contributed by atoms with E-state index in [1.54, 1.807) is 23.5 Å². The highest BCUT2D eigenvalue weighted by Gasteiger charge is 2.25. The lowest BCUT2D eigenvalue weighted by atomic mass is 10.3. The largest absolute Gasteiger partial charge is 0.352 e. The Morgan fingerprint density at radius 3 is 2.60 bits per heavy atom. The predicted octanol–water partition coefficient (Wildman–Crippen LogP) is 0.944. The molecule has 2 aromatic rings. The number of carbonyl (C=O) groups is 1. The summed E-state index contributed by atoms with van der Waals surface area (Å²) < 4.78 is 0.284. The molecule has 0 aromatic carbocycles. The van der Waals surface area contributed by atoms with Gasteiger partial charge in [-0.1, -0.05) is 11.3 Å². The highest BCUT2D eigenvalue weighted by Crippen LogP contribution is 2.18. The van der Waals surface area contributed by atoms with Crippen molar-refractivity contribution in [2.24, 2.45) is 0 Å². The molecule has 1 saturated heterocycles. The second-order valence-corrected chi connectivity index (χ2v) is 5.76. The lowest BCUT2D eigenvalue weighted by Crippen LogP contribution is -2.49. The zero-order valence-corrected chi connectivity index (χ0v) is 12.0. The molecule has 1 aliphatic heterocycles. The van der Waals surface area contributed by atoms with E-state index < -0.39 is 0 Å². The molecule has 0 atom stereocenters. The third-order valence-electron chi connectivity index (χ3n) is 3.02. The van der Waals surface area contributed by atoms with E-state index in [1.165, 1.54) is 0 Å². The summed E-state index contributed by atoms with van der Waals surface area (Å²) in [5.41, 5.74) is 0. The fourth-order valence-electron chi connectivity index (χ4n) is 2.02. The number of aromatic nitrogens is 4. The van der Waals surface area contributed by atoms with Gasteiger partial charge in [-0.15, -0.1) is 10.2 Å². The average Bonchev–Trinajstić information content (AvgIpc) is 2.94. The molecule has 1 fully saturated rings. The third-order valence-corrected chi connectivity index (χ3v) is 4.03. The van der Waals surface area contributed by atoms with Gasteiger partial charge in [-0.3, -0.25) is 9.78 Å². The first-order valence-electron chi connectivity index (χ1n) is 6.03. The lowest BCUT2D eigenvalue weighted by Gasteiger charge is -2.34. The Kier molecular flexibility index (Phi) is 3.75. The van der Waals surface area contributed by atoms with E-state index in [0.29, 0.717) is 18.1 Å². The van der Waals surface area contributed by atoms with Gasteiger partial charge in [0.1, 0.15) is 5.82 Å². The van der Waals surface area contributed by atoms with Crippen molar-refractivity contribution < 1.29 is 4.79 Å². The van der Waals surface area contributed by atoms with Crippen molar-refractivity contribution >= 4 is 34.7 Å². The number of hydrogen-bond donors (Lipinski definition) is 0. The number of nitrogens with zero attached hydrogens (tertiary/aromatic N) is 6. The maximum absolute atomic E-state index is 12.2. The fourth-order valence-corrected chi connectivity index (χ4v) is 2.82. The first-order valence-corrected chi connectivity index (χ1v) is 7.23. The first-order chi connectivity index (χ1) is 9.74. The van der Waals surface area contributed by atoms with Crippen molar-refractivity contribution in [3.05, 3.63) is 28.1 Å². The summed E-state index contributed by atoms with van der Waals surface area (Å²) in [5.74, 6) is 0.715. The Labute approximate surface area is 124 Å². The van der Waals surface area contributed by atoms with Gasteiger partial charge >= 0.3 is 0 Å². The molecule has 1 aliphatic rings. The highest BCUT2D eigenvalue weighted by atomic mass is 35.5. The maximum atomic E-state index is 12.2. The molecule has 0 unspecified atom stereocenters. The van der Waals surface area contributed by atoms with Gasteiger partial charge in [-0.05, 0) is 11.6 Å². The Hall–Kier alpha value is -1.80. The van der Waals surface area contributed by atoms with Crippen molar-refractivity contribution in [3.8, 4) is 0 Å². The molecular formula is C11H11ClN6OS. The second-order valence-electron chi connectivity index (χ2n) is 4.20. The number of rotatable bonds is 2. The molecule has 2 aromatic heterocycles. The van der Waals surface area contributed by atoms with Crippen molar-refractivity contribution in [2.45, 2.75) is 0 Å². The van der Waals surface area contributed by atoms with Gasteiger partial charge < -0.3 is 9.80 Å². The van der Waals surface area contributed by atoms with Crippen LogP contribution < -0.4 is 4.90 Å². The summed E-state index contributed by atoms with van der Waals surface area (Å²) in [6.07, 6.45) is 5.03. The molecule has 7 nitrogen and oxygen atoms in total. The zero-order chi connectivity index (χ0) is 13.9. The highest BCUT2D eigenvalue weighted by molar-refractivity contribution is 7.17. The van der Waals surface area contributed by atoms with Crippen LogP contribution in [0.25, 0.3) is 0 Å². The summed E-state index contributed by atoms with van der Waals surface area (Å²) in [4.78, 5) is 24.3. The summed E-state index contributed by atoms with van der Waals surface area (Å²) in [7, 11) is 0. The summed E-state index contributed by atoms with van der Waals surface area (Å²) in [5, 5.41) is 7.77. The normalized spacial score (nSPS) is 15.4. The van der Waals surface area contributed by atoms with Crippen molar-refractivity contribution in [1.82, 2.24) is 25.1 Å². The first kappa shape index (κ1) is 13.2. The van der Waals surface area contributed by atoms with E-state index in [9.17, 15) is 4.79 Å². The SMILES string of the molecule is O=C(c1nnc(Cl)s1)N1CCN(c2cnccn2)CC1. The van der Waals surface area contributed by atoms with E-state index in [0.717, 1.165) is 30.2 Å². The van der Waals surface area contributed by atoms with Crippen molar-refractivity contribution in [2.75, 3.05) is 31.1 Å². The van der Waals surface area contributed by atoms with E-state index in [1.807, 2.05) is 0 Å². The van der Waals surface area contributed by atoms with E-state index in [2.05, 4.69) is 25.1 Å². The van der Waals surface area contributed by atoms with Gasteiger partial charge in [0.2, 0.25) is 9.47 Å². The summed E-state index contributed by atoms with van der Waals surface area (Å²) in [6.45, 7) is 2.67. The number of halogens is 1. The Bertz CT molecular complexity index is 598. The van der Waals surface area contributed by atoms with Gasteiger partial charge in [-0.25, -0.2) is 4.98 Å². The Morgan fingerprint density at radius 1 is 1.20 bits per heavy atom. The monoisotopic (exact) mass is 310 g/mol. The van der Waals surface area contributed by atoms with Crippen molar-refractivity contribution in [3.63, 3.8) is 0 Å². The van der Waals surface area contributed by atoms with Crippen LogP contribution in [-0.4, -0.2) is 57.2 Å². The Balaban J connectivity index is 1.63. The quantitative estimate of drug-likeness (QED) is 0.822. The zero-order valence-electron chi connectivity index (χ0n) is 10.4. The summed E-state index contributed by atoms with van der Waals surface area (Å²) in [6, 6.07) is 0. The minimum absolute atomic E-state index is 0.117. The third kappa shape index (κ3) is 2.70. The number of anilines is 1. The molecule has 0 spiro atoms. The van der Waals surface area contributed by atoms with Gasteiger partial charge in [-0.2, -0.15) is 0 Å². The molecule has 0 N–H and O–H groups in total. The number of hydrogen-bond acceptors (Lipinski definition) is 7. The van der Waals surface area contributed by atoms with Crippen molar-refractivity contribution in [1.29, 1.82) is 0 Å². The molecule has 0 aliphatic carbocycles.